The molecule has 4 N–H and O–H groups in total. The number of hydrogen-bond donors (Lipinski definition) is 4. The van der Waals surface area contributed by atoms with Crippen LogP contribution in [0.2, 0.25) is 0 Å². The lowest BCUT2D eigenvalue weighted by molar-refractivity contribution is -0.215. The molecule has 0 aliphatic carbocycles. The summed E-state index contributed by atoms with van der Waals surface area (Å²) in [6, 6.07) is 11.6. The van der Waals surface area contributed by atoms with E-state index in [4.69, 9.17) is 13.9 Å². The molecule has 8 heteroatoms. The third-order valence-electron chi connectivity index (χ3n) is 5.45. The number of aliphatic hydroxyl groups is 3. The largest absolute Gasteiger partial charge is 0.507 e. The molecule has 0 radical (unpaired) electrons. The van der Waals surface area contributed by atoms with Gasteiger partial charge in [-0.1, -0.05) is 30.3 Å². The zero-order valence-electron chi connectivity index (χ0n) is 15.1. The van der Waals surface area contributed by atoms with Gasteiger partial charge in [0.15, 0.2) is 17.1 Å². The SMILES string of the molecule is O=c1cc(-c2ccccc2)oc2c3c(cc(O)c12)O[C@H]1[C@@H](O)[C@H](O)[C@@H](CO)O[C@@H]31. The quantitative estimate of drug-likeness (QED) is 0.505. The maximum Gasteiger partial charge on any atom is 0.197 e. The smallest absolute Gasteiger partial charge is 0.197 e. The van der Waals surface area contributed by atoms with Gasteiger partial charge >= 0.3 is 0 Å². The highest BCUT2D eigenvalue weighted by molar-refractivity contribution is 5.90. The Morgan fingerprint density at radius 2 is 1.79 bits per heavy atom. The molecule has 1 aromatic heterocycles. The molecule has 2 aliphatic rings. The van der Waals surface area contributed by atoms with Crippen molar-refractivity contribution < 1.29 is 34.3 Å². The van der Waals surface area contributed by atoms with Gasteiger partial charge in [-0.25, -0.2) is 0 Å². The van der Waals surface area contributed by atoms with Crippen LogP contribution in [0.25, 0.3) is 22.3 Å². The number of rotatable bonds is 2. The third-order valence-corrected chi connectivity index (χ3v) is 5.45. The number of phenolic OH excluding ortho intramolecular Hbond substituents is 1. The van der Waals surface area contributed by atoms with Crippen molar-refractivity contribution in [1.29, 1.82) is 0 Å². The number of aliphatic hydroxyl groups excluding tert-OH is 3. The van der Waals surface area contributed by atoms with Crippen LogP contribution in [0, 0.1) is 0 Å². The van der Waals surface area contributed by atoms with Gasteiger partial charge in [-0.2, -0.15) is 0 Å². The molecule has 3 heterocycles. The Hall–Kier alpha value is -2.91. The van der Waals surface area contributed by atoms with Crippen molar-refractivity contribution in [2.75, 3.05) is 6.61 Å². The first kappa shape index (κ1) is 18.1. The van der Waals surface area contributed by atoms with Gasteiger partial charge in [-0.15, -0.1) is 0 Å². The lowest BCUT2D eigenvalue weighted by atomic mass is 9.92. The standard InChI is InChI=1S/C21H18O8/c22-8-14-17(25)18(26)21-20(29-14)16-13(28-21)7-11(24)15-10(23)6-12(27-19(15)16)9-4-2-1-3-5-9/h1-7,14,17-18,20-22,24-26H,8H2/t14-,17-,18+,20+,21+/m1/s1. The first-order valence-electron chi connectivity index (χ1n) is 9.18. The van der Waals surface area contributed by atoms with Gasteiger partial charge < -0.3 is 34.3 Å². The van der Waals surface area contributed by atoms with Gasteiger partial charge in [0, 0.05) is 17.7 Å². The predicted octanol–water partition coefficient (Wildman–Crippen LogP) is 1.08. The lowest BCUT2D eigenvalue weighted by Gasteiger charge is -2.38. The van der Waals surface area contributed by atoms with Crippen molar-refractivity contribution >= 4 is 11.0 Å². The Bertz CT molecular complexity index is 1140. The molecule has 29 heavy (non-hydrogen) atoms. The normalized spacial score (nSPS) is 28.0. The maximum atomic E-state index is 12.8. The Labute approximate surface area is 164 Å². The van der Waals surface area contributed by atoms with E-state index in [1.807, 2.05) is 6.07 Å². The second-order valence-corrected chi connectivity index (χ2v) is 7.19. The summed E-state index contributed by atoms with van der Waals surface area (Å²) in [6.07, 6.45) is -5.58. The Morgan fingerprint density at radius 3 is 2.52 bits per heavy atom. The first-order chi connectivity index (χ1) is 14.0. The number of fused-ring (bicyclic) bond motifs is 5. The molecule has 1 saturated heterocycles. The summed E-state index contributed by atoms with van der Waals surface area (Å²) in [5, 5.41) is 40.4. The minimum atomic E-state index is -1.35. The Kier molecular flexibility index (Phi) is 4.11. The van der Waals surface area contributed by atoms with Gasteiger partial charge in [0.05, 0.1) is 12.2 Å². The Morgan fingerprint density at radius 1 is 1.03 bits per heavy atom. The van der Waals surface area contributed by atoms with Crippen molar-refractivity contribution in [2.24, 2.45) is 0 Å². The maximum absolute atomic E-state index is 12.8. The molecule has 0 spiro atoms. The summed E-state index contributed by atoms with van der Waals surface area (Å²) >= 11 is 0. The molecule has 2 aromatic carbocycles. The van der Waals surface area contributed by atoms with Crippen molar-refractivity contribution in [3.63, 3.8) is 0 Å². The van der Waals surface area contributed by atoms with E-state index in [-0.39, 0.29) is 22.5 Å². The fourth-order valence-electron chi connectivity index (χ4n) is 4.02. The van der Waals surface area contributed by atoms with E-state index in [2.05, 4.69) is 0 Å². The molecule has 0 bridgehead atoms. The molecule has 3 aromatic rings. The second kappa shape index (κ2) is 6.57. The van der Waals surface area contributed by atoms with Crippen LogP contribution in [0.4, 0.5) is 0 Å². The molecular formula is C21H18O8. The van der Waals surface area contributed by atoms with Crippen molar-refractivity contribution in [1.82, 2.24) is 0 Å². The molecule has 0 amide bonds. The molecule has 0 saturated carbocycles. The van der Waals surface area contributed by atoms with E-state index in [0.29, 0.717) is 16.9 Å². The van der Waals surface area contributed by atoms with Crippen LogP contribution >= 0.6 is 0 Å². The minimum absolute atomic E-state index is 0.0301. The van der Waals surface area contributed by atoms with E-state index in [1.165, 1.54) is 12.1 Å². The molecule has 0 unspecified atom stereocenters. The summed E-state index contributed by atoms with van der Waals surface area (Å²) < 4.78 is 17.5. The van der Waals surface area contributed by atoms with Gasteiger partial charge in [0.25, 0.3) is 0 Å². The minimum Gasteiger partial charge on any atom is -0.507 e. The van der Waals surface area contributed by atoms with E-state index in [1.54, 1.807) is 24.3 Å². The summed E-state index contributed by atoms with van der Waals surface area (Å²) in [7, 11) is 0. The highest BCUT2D eigenvalue weighted by Crippen LogP contribution is 2.49. The third kappa shape index (κ3) is 2.65. The van der Waals surface area contributed by atoms with Gasteiger partial charge in [0.2, 0.25) is 0 Å². The first-order valence-corrected chi connectivity index (χ1v) is 9.18. The highest BCUT2D eigenvalue weighted by Gasteiger charge is 2.52. The number of benzene rings is 2. The van der Waals surface area contributed by atoms with Crippen molar-refractivity contribution in [3.05, 3.63) is 58.3 Å². The van der Waals surface area contributed by atoms with Crippen LogP contribution in [0.3, 0.4) is 0 Å². The van der Waals surface area contributed by atoms with Crippen LogP contribution in [0.15, 0.2) is 51.7 Å². The number of aromatic hydroxyl groups is 1. The average Bonchev–Trinajstić information content (AvgIpc) is 3.09. The van der Waals surface area contributed by atoms with E-state index in [0.717, 1.165) is 0 Å². The van der Waals surface area contributed by atoms with Crippen LogP contribution in [0.1, 0.15) is 11.7 Å². The van der Waals surface area contributed by atoms with E-state index in [9.17, 15) is 25.2 Å². The summed E-state index contributed by atoms with van der Waals surface area (Å²) in [4.78, 5) is 12.8. The van der Waals surface area contributed by atoms with Crippen molar-refractivity contribution in [3.8, 4) is 22.8 Å². The second-order valence-electron chi connectivity index (χ2n) is 7.19. The van der Waals surface area contributed by atoms with Crippen LogP contribution < -0.4 is 10.2 Å². The van der Waals surface area contributed by atoms with Crippen LogP contribution in [0.5, 0.6) is 11.5 Å². The fraction of sp³-hybridized carbons (Fsp3) is 0.286. The topological polar surface area (TPSA) is 130 Å². The van der Waals surface area contributed by atoms with E-state index < -0.39 is 42.6 Å². The number of ether oxygens (including phenoxy) is 2. The number of phenols is 1. The molecule has 5 atom stereocenters. The Balaban J connectivity index is 1.74. The molecule has 150 valence electrons. The van der Waals surface area contributed by atoms with Crippen LogP contribution in [-0.4, -0.2) is 51.4 Å². The molecular weight excluding hydrogens is 380 g/mol. The molecule has 8 nitrogen and oxygen atoms in total. The predicted molar refractivity (Wildman–Crippen MR) is 101 cm³/mol. The van der Waals surface area contributed by atoms with Gasteiger partial charge in [-0.05, 0) is 0 Å². The monoisotopic (exact) mass is 398 g/mol. The zero-order valence-corrected chi connectivity index (χ0v) is 15.1. The summed E-state index contributed by atoms with van der Waals surface area (Å²) in [6.45, 7) is -0.508. The molecule has 1 fully saturated rings. The lowest BCUT2D eigenvalue weighted by Crippen LogP contribution is -2.55. The van der Waals surface area contributed by atoms with Gasteiger partial charge in [-0.3, -0.25) is 4.79 Å². The van der Waals surface area contributed by atoms with E-state index >= 15 is 0 Å². The summed E-state index contributed by atoms with van der Waals surface area (Å²) in [5.41, 5.74) is 0.664. The highest BCUT2D eigenvalue weighted by atomic mass is 16.6. The summed E-state index contributed by atoms with van der Waals surface area (Å²) in [5.74, 6) is 0.164. The fourth-order valence-corrected chi connectivity index (χ4v) is 4.02. The van der Waals surface area contributed by atoms with Crippen molar-refractivity contribution in [2.45, 2.75) is 30.5 Å². The number of hydrogen-bond acceptors (Lipinski definition) is 8. The van der Waals surface area contributed by atoms with Crippen LogP contribution in [-0.2, 0) is 4.74 Å². The molecule has 5 rings (SSSR count). The average molecular weight is 398 g/mol. The van der Waals surface area contributed by atoms with Gasteiger partial charge in [0.1, 0.15) is 47.1 Å². The zero-order chi connectivity index (χ0) is 20.3. The molecule has 2 aliphatic heterocycles.